The Balaban J connectivity index is 2.28. The van der Waals surface area contributed by atoms with Gasteiger partial charge in [0.05, 0.1) is 11.4 Å². The van der Waals surface area contributed by atoms with E-state index in [1.165, 1.54) is 0 Å². The number of nitrogens with zero attached hydrogens (tertiary/aromatic N) is 3. The normalized spacial score (nSPS) is 18.8. The summed E-state index contributed by atoms with van der Waals surface area (Å²) in [5, 5.41) is 10.1. The highest BCUT2D eigenvalue weighted by Crippen LogP contribution is 2.23. The number of aromatic nitrogens is 2. The van der Waals surface area contributed by atoms with E-state index in [0.717, 1.165) is 26.1 Å². The van der Waals surface area contributed by atoms with Gasteiger partial charge < -0.3 is 10.2 Å². The minimum Gasteiger partial charge on any atom is -0.311 e. The minimum atomic E-state index is -3.48. The van der Waals surface area contributed by atoms with Gasteiger partial charge >= 0.3 is 0 Å². The molecule has 0 atom stereocenters. The first-order chi connectivity index (χ1) is 9.96. The van der Waals surface area contributed by atoms with E-state index in [0.29, 0.717) is 35.9 Å². The maximum atomic E-state index is 12.9. The predicted octanol–water partition coefficient (Wildman–Crippen LogP) is 0.154. The van der Waals surface area contributed by atoms with Crippen molar-refractivity contribution >= 4 is 10.0 Å². The zero-order chi connectivity index (χ0) is 15.5. The zero-order valence-electron chi connectivity index (χ0n) is 13.0. The Morgan fingerprint density at radius 1 is 1.29 bits per heavy atom. The van der Waals surface area contributed by atoms with Gasteiger partial charge in [0.25, 0.3) is 0 Å². The van der Waals surface area contributed by atoms with Crippen molar-refractivity contribution < 1.29 is 8.42 Å². The number of aryl methyl sites for hydroxylation is 1. The van der Waals surface area contributed by atoms with E-state index in [4.69, 9.17) is 0 Å². The molecule has 0 bridgehead atoms. The quantitative estimate of drug-likeness (QED) is 0.808. The molecule has 120 valence electrons. The SMILES string of the molecule is CCNCc1n[nH]c(C)c1S(=O)(=O)N1CCCN(C)CC1. The monoisotopic (exact) mass is 315 g/mol. The summed E-state index contributed by atoms with van der Waals surface area (Å²) in [5.41, 5.74) is 1.19. The summed E-state index contributed by atoms with van der Waals surface area (Å²) < 4.78 is 27.5. The molecular weight excluding hydrogens is 290 g/mol. The fraction of sp³-hybridized carbons (Fsp3) is 0.769. The molecule has 2 heterocycles. The average Bonchev–Trinajstić information content (AvgIpc) is 2.66. The van der Waals surface area contributed by atoms with Crippen molar-refractivity contribution in [3.05, 3.63) is 11.4 Å². The molecule has 0 radical (unpaired) electrons. The molecule has 1 saturated heterocycles. The molecule has 0 amide bonds. The van der Waals surface area contributed by atoms with Crippen LogP contribution < -0.4 is 5.32 Å². The van der Waals surface area contributed by atoms with Crippen molar-refractivity contribution in [3.8, 4) is 0 Å². The molecule has 1 aliphatic rings. The van der Waals surface area contributed by atoms with Crippen LogP contribution in [0, 0.1) is 6.92 Å². The molecule has 1 aromatic rings. The summed E-state index contributed by atoms with van der Waals surface area (Å²) in [7, 11) is -1.46. The Morgan fingerprint density at radius 2 is 2.05 bits per heavy atom. The van der Waals surface area contributed by atoms with E-state index in [-0.39, 0.29) is 0 Å². The van der Waals surface area contributed by atoms with E-state index in [9.17, 15) is 8.42 Å². The summed E-state index contributed by atoms with van der Waals surface area (Å²) in [5.74, 6) is 0. The minimum absolute atomic E-state index is 0.341. The van der Waals surface area contributed by atoms with Gasteiger partial charge in [-0.1, -0.05) is 6.92 Å². The second-order valence-corrected chi connectivity index (χ2v) is 7.34. The van der Waals surface area contributed by atoms with Crippen LogP contribution in [-0.4, -0.2) is 67.6 Å². The van der Waals surface area contributed by atoms with Gasteiger partial charge in [-0.15, -0.1) is 0 Å². The molecule has 0 aliphatic carbocycles. The predicted molar refractivity (Wildman–Crippen MR) is 81.6 cm³/mol. The number of sulfonamides is 1. The molecule has 21 heavy (non-hydrogen) atoms. The first-order valence-electron chi connectivity index (χ1n) is 7.40. The lowest BCUT2D eigenvalue weighted by atomic mass is 10.3. The van der Waals surface area contributed by atoms with Gasteiger partial charge in [-0.2, -0.15) is 9.40 Å². The number of nitrogens with one attached hydrogen (secondary N) is 2. The van der Waals surface area contributed by atoms with Gasteiger partial charge in [0, 0.05) is 26.2 Å². The molecule has 1 aromatic heterocycles. The second-order valence-electron chi connectivity index (χ2n) is 5.47. The van der Waals surface area contributed by atoms with Crippen molar-refractivity contribution in [1.82, 2.24) is 24.7 Å². The topological polar surface area (TPSA) is 81.3 Å². The Morgan fingerprint density at radius 3 is 2.76 bits per heavy atom. The number of H-pyrrole nitrogens is 1. The van der Waals surface area contributed by atoms with Crippen LogP contribution in [0.5, 0.6) is 0 Å². The van der Waals surface area contributed by atoms with Gasteiger partial charge in [-0.05, 0) is 33.5 Å². The van der Waals surface area contributed by atoms with Crippen LogP contribution in [-0.2, 0) is 16.6 Å². The molecule has 0 saturated carbocycles. The standard InChI is InChI=1S/C13H25N5O2S/c1-4-14-10-12-13(11(2)15-16-12)21(19,20)18-7-5-6-17(3)8-9-18/h14H,4-10H2,1-3H3,(H,15,16). The van der Waals surface area contributed by atoms with Gasteiger partial charge in [0.15, 0.2) is 0 Å². The molecular formula is C13H25N5O2S. The highest BCUT2D eigenvalue weighted by Gasteiger charge is 2.31. The zero-order valence-corrected chi connectivity index (χ0v) is 13.8. The third kappa shape index (κ3) is 3.63. The Hall–Kier alpha value is -0.960. The van der Waals surface area contributed by atoms with Crippen LogP contribution in [0.3, 0.4) is 0 Å². The third-order valence-corrected chi connectivity index (χ3v) is 5.88. The summed E-state index contributed by atoms with van der Waals surface area (Å²) in [6, 6.07) is 0. The fourth-order valence-corrected chi connectivity index (χ4v) is 4.36. The van der Waals surface area contributed by atoms with Crippen molar-refractivity contribution in [1.29, 1.82) is 0 Å². The summed E-state index contributed by atoms with van der Waals surface area (Å²) in [4.78, 5) is 2.50. The third-order valence-electron chi connectivity index (χ3n) is 3.78. The number of rotatable bonds is 5. The van der Waals surface area contributed by atoms with E-state index in [2.05, 4.69) is 20.4 Å². The summed E-state index contributed by atoms with van der Waals surface area (Å²) in [6.07, 6.45) is 0.856. The molecule has 7 nitrogen and oxygen atoms in total. The number of hydrogen-bond acceptors (Lipinski definition) is 5. The first-order valence-corrected chi connectivity index (χ1v) is 8.84. The van der Waals surface area contributed by atoms with Gasteiger partial charge in [-0.25, -0.2) is 8.42 Å². The van der Waals surface area contributed by atoms with Gasteiger partial charge in [-0.3, -0.25) is 5.10 Å². The highest BCUT2D eigenvalue weighted by molar-refractivity contribution is 7.89. The van der Waals surface area contributed by atoms with Crippen LogP contribution in [0.25, 0.3) is 0 Å². The fourth-order valence-electron chi connectivity index (χ4n) is 2.57. The summed E-state index contributed by atoms with van der Waals surface area (Å²) >= 11 is 0. The number of hydrogen-bond donors (Lipinski definition) is 2. The molecule has 2 rings (SSSR count). The van der Waals surface area contributed by atoms with Crippen LogP contribution in [0.2, 0.25) is 0 Å². The van der Waals surface area contributed by atoms with Crippen molar-refractivity contribution in [2.24, 2.45) is 0 Å². The molecule has 0 unspecified atom stereocenters. The Labute approximate surface area is 126 Å². The Kier molecular flexibility index (Phi) is 5.37. The summed E-state index contributed by atoms with van der Waals surface area (Å²) in [6.45, 7) is 7.78. The molecule has 1 aliphatic heterocycles. The molecule has 8 heteroatoms. The lowest BCUT2D eigenvalue weighted by molar-refractivity contribution is 0.347. The molecule has 0 aromatic carbocycles. The Bertz CT molecular complexity index is 569. The van der Waals surface area contributed by atoms with Gasteiger partial charge in [0.1, 0.15) is 4.90 Å². The smallest absolute Gasteiger partial charge is 0.246 e. The maximum Gasteiger partial charge on any atom is 0.246 e. The van der Waals surface area contributed by atoms with Gasteiger partial charge in [0.2, 0.25) is 10.0 Å². The van der Waals surface area contributed by atoms with E-state index in [1.54, 1.807) is 11.2 Å². The van der Waals surface area contributed by atoms with Crippen molar-refractivity contribution in [3.63, 3.8) is 0 Å². The molecule has 0 spiro atoms. The molecule has 1 fully saturated rings. The average molecular weight is 315 g/mol. The van der Waals surface area contributed by atoms with Crippen molar-refractivity contribution in [2.45, 2.75) is 31.7 Å². The maximum absolute atomic E-state index is 12.9. The van der Waals surface area contributed by atoms with Crippen LogP contribution in [0.15, 0.2) is 4.90 Å². The number of aromatic amines is 1. The number of likely N-dealkylation sites (N-methyl/N-ethyl adjacent to an activating group) is 1. The van der Waals surface area contributed by atoms with E-state index in [1.807, 2.05) is 14.0 Å². The second kappa shape index (κ2) is 6.87. The van der Waals surface area contributed by atoms with E-state index < -0.39 is 10.0 Å². The van der Waals surface area contributed by atoms with E-state index >= 15 is 0 Å². The highest BCUT2D eigenvalue weighted by atomic mass is 32.2. The molecule has 2 N–H and O–H groups in total. The lowest BCUT2D eigenvalue weighted by Gasteiger charge is -2.20. The first kappa shape index (κ1) is 16.4. The largest absolute Gasteiger partial charge is 0.311 e. The lowest BCUT2D eigenvalue weighted by Crippen LogP contribution is -2.35. The van der Waals surface area contributed by atoms with Crippen LogP contribution >= 0.6 is 0 Å². The van der Waals surface area contributed by atoms with Crippen LogP contribution in [0.1, 0.15) is 24.7 Å². The van der Waals surface area contributed by atoms with Crippen molar-refractivity contribution in [2.75, 3.05) is 39.8 Å². The van der Waals surface area contributed by atoms with Crippen LogP contribution in [0.4, 0.5) is 0 Å².